The first-order valence-electron chi connectivity index (χ1n) is 7.63. The number of aryl methyl sites for hydroxylation is 4. The van der Waals surface area contributed by atoms with Crippen LogP contribution in [0.4, 0.5) is 0 Å². The second kappa shape index (κ2) is 9.70. The van der Waals surface area contributed by atoms with E-state index in [9.17, 15) is 19.8 Å². The van der Waals surface area contributed by atoms with Gasteiger partial charge in [-0.15, -0.1) is 0 Å². The van der Waals surface area contributed by atoms with Crippen LogP contribution in [0.25, 0.3) is 0 Å². The van der Waals surface area contributed by atoms with Crippen molar-refractivity contribution in [2.24, 2.45) is 0 Å². The van der Waals surface area contributed by atoms with Gasteiger partial charge in [0, 0.05) is 0 Å². The SMILES string of the molecule is Cc1cc(C(=O)[O-])cc(C)c1C.Cc1cc(C(=O)[O-])cc(C)c1C.[Cd+2]. The molecule has 0 spiro atoms. The number of carbonyl (C=O) groups excluding carboxylic acids is 2. The minimum absolute atomic E-state index is 0. The van der Waals surface area contributed by atoms with E-state index >= 15 is 0 Å². The second-order valence-corrected chi connectivity index (χ2v) is 6.04. The Morgan fingerprint density at radius 1 is 0.600 bits per heavy atom. The summed E-state index contributed by atoms with van der Waals surface area (Å²) in [5.74, 6) is -2.22. The van der Waals surface area contributed by atoms with Gasteiger partial charge in [0.1, 0.15) is 0 Å². The van der Waals surface area contributed by atoms with Crippen LogP contribution in [0.3, 0.4) is 0 Å². The standard InChI is InChI=1S/2C10H12O2.Cd/c2*1-6-4-9(10(11)12)5-7(2)8(6)3;/h2*4-5H,1-3H3,(H,11,12);/q;;+2/p-2. The number of carboxylic acids is 2. The minimum Gasteiger partial charge on any atom is -0.545 e. The van der Waals surface area contributed by atoms with Crippen LogP contribution in [-0.4, -0.2) is 11.9 Å². The third kappa shape index (κ3) is 6.27. The maximum atomic E-state index is 10.5. The Morgan fingerprint density at radius 3 is 0.960 bits per heavy atom. The Hall–Kier alpha value is -1.70. The van der Waals surface area contributed by atoms with Gasteiger partial charge in [0.15, 0.2) is 0 Å². The van der Waals surface area contributed by atoms with E-state index in [1.54, 1.807) is 24.3 Å². The van der Waals surface area contributed by atoms with Crippen molar-refractivity contribution in [3.63, 3.8) is 0 Å². The zero-order valence-corrected chi connectivity index (χ0v) is 19.7. The summed E-state index contributed by atoms with van der Waals surface area (Å²) in [4.78, 5) is 21.0. The van der Waals surface area contributed by atoms with Gasteiger partial charge in [-0.2, -0.15) is 0 Å². The van der Waals surface area contributed by atoms with E-state index in [-0.39, 0.29) is 38.4 Å². The Bertz CT molecular complexity index is 681. The molecule has 0 heterocycles. The number of benzene rings is 2. The molecule has 2 aromatic rings. The Balaban J connectivity index is 0.000000443. The molecule has 0 fully saturated rings. The average molecular weight is 439 g/mol. The first-order chi connectivity index (χ1) is 11.0. The van der Waals surface area contributed by atoms with Gasteiger partial charge in [0.25, 0.3) is 0 Å². The maximum Gasteiger partial charge on any atom is 2.00 e. The van der Waals surface area contributed by atoms with Crippen molar-refractivity contribution in [3.05, 3.63) is 68.8 Å². The Kier molecular flexibility index (Phi) is 9.04. The van der Waals surface area contributed by atoms with E-state index < -0.39 is 11.9 Å². The van der Waals surface area contributed by atoms with Crippen molar-refractivity contribution < 1.29 is 47.1 Å². The summed E-state index contributed by atoms with van der Waals surface area (Å²) in [5.41, 5.74) is 6.78. The number of hydrogen-bond donors (Lipinski definition) is 0. The molecular formula is C20H22CdO4. The molecule has 0 aliphatic heterocycles. The van der Waals surface area contributed by atoms with Crippen LogP contribution < -0.4 is 10.2 Å². The van der Waals surface area contributed by atoms with E-state index in [4.69, 9.17) is 0 Å². The topological polar surface area (TPSA) is 80.3 Å². The predicted octanol–water partition coefficient (Wildman–Crippen LogP) is 1.95. The van der Waals surface area contributed by atoms with Crippen molar-refractivity contribution in [2.75, 3.05) is 0 Å². The molecule has 0 saturated heterocycles. The van der Waals surface area contributed by atoms with Gasteiger partial charge in [-0.3, -0.25) is 0 Å². The van der Waals surface area contributed by atoms with Gasteiger partial charge in [-0.05, 0) is 110 Å². The Morgan fingerprint density at radius 2 is 0.800 bits per heavy atom. The quantitative estimate of drug-likeness (QED) is 0.671. The van der Waals surface area contributed by atoms with Crippen molar-refractivity contribution in [1.29, 1.82) is 0 Å². The molecule has 0 aliphatic carbocycles. The molecule has 0 aliphatic rings. The van der Waals surface area contributed by atoms with E-state index in [1.165, 1.54) is 0 Å². The molecule has 4 nitrogen and oxygen atoms in total. The molecule has 5 heteroatoms. The van der Waals surface area contributed by atoms with E-state index in [1.807, 2.05) is 41.5 Å². The smallest absolute Gasteiger partial charge is 0.545 e. The van der Waals surface area contributed by atoms with Crippen LogP contribution >= 0.6 is 0 Å². The summed E-state index contributed by atoms with van der Waals surface area (Å²) in [6, 6.07) is 6.55. The van der Waals surface area contributed by atoms with Gasteiger partial charge in [-0.25, -0.2) is 0 Å². The molecule has 2 aromatic carbocycles. The van der Waals surface area contributed by atoms with Crippen LogP contribution in [0, 0.1) is 41.5 Å². The fraction of sp³-hybridized carbons (Fsp3) is 0.300. The van der Waals surface area contributed by atoms with E-state index in [2.05, 4.69) is 0 Å². The van der Waals surface area contributed by atoms with Gasteiger partial charge < -0.3 is 19.8 Å². The fourth-order valence-electron chi connectivity index (χ4n) is 2.31. The summed E-state index contributed by atoms with van der Waals surface area (Å²) in [6.07, 6.45) is 0. The zero-order chi connectivity index (χ0) is 18.6. The van der Waals surface area contributed by atoms with E-state index in [0.29, 0.717) is 0 Å². The third-order valence-electron chi connectivity index (χ3n) is 4.33. The van der Waals surface area contributed by atoms with Crippen LogP contribution in [0.5, 0.6) is 0 Å². The van der Waals surface area contributed by atoms with Crippen molar-refractivity contribution in [3.8, 4) is 0 Å². The maximum absolute atomic E-state index is 10.5. The summed E-state index contributed by atoms with van der Waals surface area (Å²) in [5, 5.41) is 21.0. The average Bonchev–Trinajstić information content (AvgIpc) is 2.49. The first kappa shape index (κ1) is 23.3. The van der Waals surface area contributed by atoms with Crippen molar-refractivity contribution >= 4 is 11.9 Å². The van der Waals surface area contributed by atoms with Crippen molar-refractivity contribution in [2.45, 2.75) is 41.5 Å². The van der Waals surface area contributed by atoms with Crippen LogP contribution in [0.2, 0.25) is 0 Å². The van der Waals surface area contributed by atoms with Gasteiger partial charge >= 0.3 is 27.3 Å². The van der Waals surface area contributed by atoms with Crippen LogP contribution in [0.15, 0.2) is 24.3 Å². The number of hydrogen-bond acceptors (Lipinski definition) is 4. The van der Waals surface area contributed by atoms with Gasteiger partial charge in [0.2, 0.25) is 0 Å². The predicted molar refractivity (Wildman–Crippen MR) is 90.0 cm³/mol. The summed E-state index contributed by atoms with van der Waals surface area (Å²) in [7, 11) is 0. The molecule has 0 atom stereocenters. The molecule has 0 saturated carbocycles. The minimum atomic E-state index is -1.11. The monoisotopic (exact) mass is 440 g/mol. The summed E-state index contributed by atoms with van der Waals surface area (Å²) < 4.78 is 0. The summed E-state index contributed by atoms with van der Waals surface area (Å²) in [6.45, 7) is 11.5. The number of aromatic carboxylic acids is 2. The largest absolute Gasteiger partial charge is 2.00 e. The molecule has 0 aromatic heterocycles. The normalized spacial score (nSPS) is 9.52. The molecule has 25 heavy (non-hydrogen) atoms. The molecule has 0 radical (unpaired) electrons. The Labute approximate surface area is 169 Å². The van der Waals surface area contributed by atoms with Gasteiger partial charge in [-0.1, -0.05) is 0 Å². The second-order valence-electron chi connectivity index (χ2n) is 6.04. The molecule has 0 amide bonds. The number of rotatable bonds is 2. The van der Waals surface area contributed by atoms with Crippen LogP contribution in [-0.2, 0) is 27.3 Å². The molecule has 0 bridgehead atoms. The zero-order valence-electron chi connectivity index (χ0n) is 15.6. The number of carbonyl (C=O) groups is 2. The molecule has 128 valence electrons. The first-order valence-corrected chi connectivity index (χ1v) is 7.63. The van der Waals surface area contributed by atoms with Gasteiger partial charge in [0.05, 0.1) is 11.9 Å². The molecule has 0 unspecified atom stereocenters. The van der Waals surface area contributed by atoms with Crippen LogP contribution in [0.1, 0.15) is 54.1 Å². The fourth-order valence-corrected chi connectivity index (χ4v) is 2.31. The molecular weight excluding hydrogens is 417 g/mol. The van der Waals surface area contributed by atoms with E-state index in [0.717, 1.165) is 33.4 Å². The molecule has 0 N–H and O–H groups in total. The number of carboxylic acid groups (broad SMARTS) is 2. The third-order valence-corrected chi connectivity index (χ3v) is 4.33. The summed E-state index contributed by atoms with van der Waals surface area (Å²) >= 11 is 0. The van der Waals surface area contributed by atoms with Crippen molar-refractivity contribution in [1.82, 2.24) is 0 Å². The molecule has 2 rings (SSSR count).